The molecule has 1 fully saturated rings. The molecule has 2 heterocycles. The highest BCUT2D eigenvalue weighted by Gasteiger charge is 2.38. The van der Waals surface area contributed by atoms with E-state index in [-0.39, 0.29) is 11.6 Å². The van der Waals surface area contributed by atoms with Crippen LogP contribution in [0.15, 0.2) is 78.9 Å². The number of fused-ring (bicyclic) bond motifs is 1. The second kappa shape index (κ2) is 8.12. The lowest BCUT2D eigenvalue weighted by Gasteiger charge is -2.41. The summed E-state index contributed by atoms with van der Waals surface area (Å²) >= 11 is 5.91. The number of halogens is 1. The molecule has 156 valence electrons. The summed E-state index contributed by atoms with van der Waals surface area (Å²) in [4.78, 5) is 14.5. The number of piperidine rings is 1. The molecule has 0 saturated carbocycles. The Morgan fingerprint density at radius 1 is 0.935 bits per heavy atom. The Hall–Kier alpha value is -3.24. The molecule has 0 aliphatic carbocycles. The molecule has 5 rings (SSSR count). The molecule has 3 aromatic carbocycles. The predicted molar refractivity (Wildman–Crippen MR) is 126 cm³/mol. The SMILES string of the molecule is O=C(Nc1ccc(Cl)cc1)N1CCC2(C=Cc3cc(-c4ccccc4)ccc3O2)CC1. The van der Waals surface area contributed by atoms with Crippen molar-refractivity contribution in [3.63, 3.8) is 0 Å². The lowest BCUT2D eigenvalue weighted by Crippen LogP contribution is -2.50. The molecule has 0 bridgehead atoms. The molecule has 0 unspecified atom stereocenters. The van der Waals surface area contributed by atoms with E-state index in [1.807, 2.05) is 23.1 Å². The molecule has 0 aromatic heterocycles. The van der Waals surface area contributed by atoms with E-state index in [4.69, 9.17) is 16.3 Å². The average Bonchev–Trinajstić information content (AvgIpc) is 2.81. The van der Waals surface area contributed by atoms with Crippen molar-refractivity contribution in [2.45, 2.75) is 18.4 Å². The maximum atomic E-state index is 12.6. The van der Waals surface area contributed by atoms with Gasteiger partial charge in [-0.05, 0) is 53.6 Å². The van der Waals surface area contributed by atoms with Crippen molar-refractivity contribution in [1.29, 1.82) is 0 Å². The maximum Gasteiger partial charge on any atom is 0.321 e. The van der Waals surface area contributed by atoms with Gasteiger partial charge in [0.1, 0.15) is 11.4 Å². The van der Waals surface area contributed by atoms with Gasteiger partial charge >= 0.3 is 6.03 Å². The predicted octanol–water partition coefficient (Wildman–Crippen LogP) is 6.48. The molecule has 4 nitrogen and oxygen atoms in total. The van der Waals surface area contributed by atoms with Gasteiger partial charge < -0.3 is 15.0 Å². The zero-order valence-electron chi connectivity index (χ0n) is 17.1. The van der Waals surface area contributed by atoms with Gasteiger partial charge in [-0.3, -0.25) is 0 Å². The molecule has 2 aliphatic rings. The van der Waals surface area contributed by atoms with Gasteiger partial charge in [-0.25, -0.2) is 4.79 Å². The number of amides is 2. The lowest BCUT2D eigenvalue weighted by atomic mass is 9.87. The number of rotatable bonds is 2. The molecular weight excluding hydrogens is 408 g/mol. The molecule has 3 aromatic rings. The summed E-state index contributed by atoms with van der Waals surface area (Å²) in [5.74, 6) is 0.904. The zero-order chi connectivity index (χ0) is 21.3. The first-order valence-corrected chi connectivity index (χ1v) is 10.9. The standard InChI is InChI=1S/C26H23ClN2O2/c27-22-7-9-23(10-8-22)28-25(30)29-16-14-26(15-17-29)13-12-21-18-20(6-11-24(21)31-26)19-4-2-1-3-5-19/h1-13,18H,14-17H2,(H,28,30). The third-order valence-electron chi connectivity index (χ3n) is 5.99. The van der Waals surface area contributed by atoms with Gasteiger partial charge in [0.25, 0.3) is 0 Å². The number of nitrogens with one attached hydrogen (secondary N) is 1. The van der Waals surface area contributed by atoms with Crippen LogP contribution in [0.25, 0.3) is 17.2 Å². The van der Waals surface area contributed by atoms with E-state index in [9.17, 15) is 4.79 Å². The van der Waals surface area contributed by atoms with E-state index in [0.717, 1.165) is 29.8 Å². The van der Waals surface area contributed by atoms with Crippen molar-refractivity contribution in [3.05, 3.63) is 89.5 Å². The Morgan fingerprint density at radius 3 is 2.42 bits per heavy atom. The fourth-order valence-electron chi connectivity index (χ4n) is 4.17. The van der Waals surface area contributed by atoms with Gasteiger partial charge in [0.2, 0.25) is 0 Å². The molecular formula is C26H23ClN2O2. The smallest absolute Gasteiger partial charge is 0.321 e. The van der Waals surface area contributed by atoms with Gasteiger partial charge in [0.15, 0.2) is 0 Å². The van der Waals surface area contributed by atoms with E-state index in [0.29, 0.717) is 18.1 Å². The number of likely N-dealkylation sites (tertiary alicyclic amines) is 1. The number of carbonyl (C=O) groups is 1. The quantitative estimate of drug-likeness (QED) is 0.505. The fraction of sp³-hybridized carbons (Fsp3) is 0.192. The van der Waals surface area contributed by atoms with Crippen molar-refractivity contribution in [1.82, 2.24) is 4.90 Å². The summed E-state index contributed by atoms with van der Waals surface area (Å²) in [6, 6.07) is 23.7. The first-order chi connectivity index (χ1) is 15.1. The number of ether oxygens (including phenoxy) is 1. The highest BCUT2D eigenvalue weighted by Crippen LogP contribution is 2.38. The average molecular weight is 431 g/mol. The minimum Gasteiger partial charge on any atom is -0.482 e. The monoisotopic (exact) mass is 430 g/mol. The van der Waals surface area contributed by atoms with Crippen LogP contribution < -0.4 is 10.1 Å². The van der Waals surface area contributed by atoms with Crippen LogP contribution in [0.2, 0.25) is 5.02 Å². The normalized spacial score (nSPS) is 16.5. The van der Waals surface area contributed by atoms with Gasteiger partial charge in [-0.1, -0.05) is 54.1 Å². The van der Waals surface area contributed by atoms with Crippen LogP contribution in [-0.2, 0) is 0 Å². The molecule has 0 radical (unpaired) electrons. The number of urea groups is 1. The van der Waals surface area contributed by atoms with Gasteiger partial charge in [0, 0.05) is 42.2 Å². The van der Waals surface area contributed by atoms with Crippen LogP contribution in [0, 0.1) is 0 Å². The molecule has 0 atom stereocenters. The maximum absolute atomic E-state index is 12.6. The van der Waals surface area contributed by atoms with Crippen molar-refractivity contribution < 1.29 is 9.53 Å². The largest absolute Gasteiger partial charge is 0.482 e. The molecule has 1 saturated heterocycles. The topological polar surface area (TPSA) is 41.6 Å². The number of hydrogen-bond acceptors (Lipinski definition) is 2. The van der Waals surface area contributed by atoms with E-state index in [2.05, 4.69) is 47.8 Å². The number of anilines is 1. The van der Waals surface area contributed by atoms with Crippen LogP contribution in [0.3, 0.4) is 0 Å². The summed E-state index contributed by atoms with van der Waals surface area (Å²) in [6.07, 6.45) is 5.85. The molecule has 2 aliphatic heterocycles. The van der Waals surface area contributed by atoms with Crippen molar-refractivity contribution >= 4 is 29.4 Å². The van der Waals surface area contributed by atoms with Crippen LogP contribution in [-0.4, -0.2) is 29.6 Å². The Kier molecular flexibility index (Phi) is 5.16. The van der Waals surface area contributed by atoms with Gasteiger partial charge in [0.05, 0.1) is 0 Å². The summed E-state index contributed by atoms with van der Waals surface area (Å²) in [7, 11) is 0. The Morgan fingerprint density at radius 2 is 1.68 bits per heavy atom. The van der Waals surface area contributed by atoms with Crippen LogP contribution >= 0.6 is 11.6 Å². The van der Waals surface area contributed by atoms with Crippen LogP contribution in [0.1, 0.15) is 18.4 Å². The third-order valence-corrected chi connectivity index (χ3v) is 6.24. The van der Waals surface area contributed by atoms with E-state index >= 15 is 0 Å². The van der Waals surface area contributed by atoms with Crippen molar-refractivity contribution in [2.75, 3.05) is 18.4 Å². The molecule has 5 heteroatoms. The van der Waals surface area contributed by atoms with E-state index < -0.39 is 0 Å². The number of carbonyl (C=O) groups excluding carboxylic acids is 1. The minimum atomic E-state index is -0.349. The summed E-state index contributed by atoms with van der Waals surface area (Å²) < 4.78 is 6.45. The van der Waals surface area contributed by atoms with Crippen LogP contribution in [0.5, 0.6) is 5.75 Å². The zero-order valence-corrected chi connectivity index (χ0v) is 17.8. The highest BCUT2D eigenvalue weighted by molar-refractivity contribution is 6.30. The summed E-state index contributed by atoms with van der Waals surface area (Å²) in [5, 5.41) is 3.59. The number of nitrogens with zero attached hydrogens (tertiary/aromatic N) is 1. The highest BCUT2D eigenvalue weighted by atomic mass is 35.5. The second-order valence-corrected chi connectivity index (χ2v) is 8.48. The van der Waals surface area contributed by atoms with Gasteiger partial charge in [-0.2, -0.15) is 0 Å². The number of hydrogen-bond donors (Lipinski definition) is 1. The molecule has 2 amide bonds. The van der Waals surface area contributed by atoms with Gasteiger partial charge in [-0.15, -0.1) is 0 Å². The summed E-state index contributed by atoms with van der Waals surface area (Å²) in [5.41, 5.74) is 3.86. The Bertz CT molecular complexity index is 1120. The van der Waals surface area contributed by atoms with Crippen LogP contribution in [0.4, 0.5) is 10.5 Å². The first-order valence-electron chi connectivity index (χ1n) is 10.5. The van der Waals surface area contributed by atoms with Crippen molar-refractivity contribution in [2.24, 2.45) is 0 Å². The number of benzene rings is 3. The molecule has 1 spiro atoms. The Balaban J connectivity index is 1.24. The first kappa shape index (κ1) is 19.7. The molecule has 31 heavy (non-hydrogen) atoms. The van der Waals surface area contributed by atoms with E-state index in [1.54, 1.807) is 24.3 Å². The Labute approximate surface area is 187 Å². The molecule has 1 N–H and O–H groups in total. The summed E-state index contributed by atoms with van der Waals surface area (Å²) in [6.45, 7) is 1.28. The van der Waals surface area contributed by atoms with E-state index in [1.165, 1.54) is 11.1 Å². The fourth-order valence-corrected chi connectivity index (χ4v) is 4.30. The van der Waals surface area contributed by atoms with Crippen molar-refractivity contribution in [3.8, 4) is 16.9 Å². The third kappa shape index (κ3) is 4.17. The second-order valence-electron chi connectivity index (χ2n) is 8.04. The lowest BCUT2D eigenvalue weighted by molar-refractivity contribution is 0.0519. The minimum absolute atomic E-state index is 0.0927.